The summed E-state index contributed by atoms with van der Waals surface area (Å²) in [6.07, 6.45) is 0.931. The zero-order valence-electron chi connectivity index (χ0n) is 13.1. The average Bonchev–Trinajstić information content (AvgIpc) is 2.43. The third-order valence-electron chi connectivity index (χ3n) is 3.18. The van der Waals surface area contributed by atoms with Gasteiger partial charge in [0.25, 0.3) is 0 Å². The summed E-state index contributed by atoms with van der Waals surface area (Å²) < 4.78 is 0.980. The average molecular weight is 348 g/mol. The SMILES string of the molecule is CCNc1nc(-c2ccc(C)cc2)nc(CC(C)C)c1Br. The fourth-order valence-corrected chi connectivity index (χ4v) is 2.61. The molecule has 2 rings (SSSR count). The summed E-state index contributed by atoms with van der Waals surface area (Å²) in [4.78, 5) is 9.42. The molecule has 0 saturated heterocycles. The lowest BCUT2D eigenvalue weighted by molar-refractivity contribution is 0.632. The number of hydrogen-bond donors (Lipinski definition) is 1. The van der Waals surface area contributed by atoms with Crippen LogP contribution in [0.1, 0.15) is 32.0 Å². The second kappa shape index (κ2) is 7.03. The van der Waals surface area contributed by atoms with Crippen molar-refractivity contribution >= 4 is 21.7 Å². The van der Waals surface area contributed by atoms with Crippen LogP contribution in [0.2, 0.25) is 0 Å². The summed E-state index contributed by atoms with van der Waals surface area (Å²) in [7, 11) is 0. The van der Waals surface area contributed by atoms with E-state index in [-0.39, 0.29) is 0 Å². The highest BCUT2D eigenvalue weighted by molar-refractivity contribution is 9.10. The van der Waals surface area contributed by atoms with E-state index in [1.165, 1.54) is 5.56 Å². The molecule has 0 bridgehead atoms. The predicted octanol–water partition coefficient (Wildman–Crippen LogP) is 4.84. The second-order valence-corrected chi connectivity index (χ2v) is 6.44. The molecule has 0 amide bonds. The molecule has 0 aliphatic carbocycles. The van der Waals surface area contributed by atoms with Crippen LogP contribution in [0.15, 0.2) is 28.7 Å². The maximum Gasteiger partial charge on any atom is 0.161 e. The normalized spacial score (nSPS) is 11.0. The highest BCUT2D eigenvalue weighted by Gasteiger charge is 2.14. The quantitative estimate of drug-likeness (QED) is 0.840. The van der Waals surface area contributed by atoms with Crippen molar-refractivity contribution < 1.29 is 0 Å². The number of aromatic nitrogens is 2. The van der Waals surface area contributed by atoms with E-state index in [4.69, 9.17) is 4.98 Å². The maximum atomic E-state index is 4.76. The summed E-state index contributed by atoms with van der Waals surface area (Å²) >= 11 is 3.64. The largest absolute Gasteiger partial charge is 0.369 e. The first-order valence-electron chi connectivity index (χ1n) is 7.38. The molecule has 0 saturated carbocycles. The fraction of sp³-hybridized carbons (Fsp3) is 0.412. The fourth-order valence-electron chi connectivity index (χ4n) is 2.13. The molecule has 1 aromatic carbocycles. The number of rotatable bonds is 5. The lowest BCUT2D eigenvalue weighted by atomic mass is 10.1. The van der Waals surface area contributed by atoms with E-state index in [0.29, 0.717) is 5.92 Å². The first kappa shape index (κ1) is 16.0. The number of nitrogens with zero attached hydrogens (tertiary/aromatic N) is 2. The lowest BCUT2D eigenvalue weighted by Crippen LogP contribution is -2.08. The molecule has 0 aliphatic rings. The lowest BCUT2D eigenvalue weighted by Gasteiger charge is -2.13. The van der Waals surface area contributed by atoms with E-state index in [1.54, 1.807) is 0 Å². The summed E-state index contributed by atoms with van der Waals surface area (Å²) in [5.74, 6) is 2.21. The molecular formula is C17H22BrN3. The maximum absolute atomic E-state index is 4.76. The Labute approximate surface area is 135 Å². The number of hydrogen-bond acceptors (Lipinski definition) is 3. The molecule has 0 unspecified atom stereocenters. The first-order chi connectivity index (χ1) is 10.0. The van der Waals surface area contributed by atoms with Gasteiger partial charge in [-0.2, -0.15) is 0 Å². The van der Waals surface area contributed by atoms with Gasteiger partial charge in [0, 0.05) is 12.1 Å². The molecule has 0 spiro atoms. The Morgan fingerprint density at radius 1 is 1.14 bits per heavy atom. The van der Waals surface area contributed by atoms with Crippen LogP contribution >= 0.6 is 15.9 Å². The Hall–Kier alpha value is -1.42. The standard InChI is InChI=1S/C17H22BrN3/c1-5-19-17-15(18)14(10-11(2)3)20-16(21-17)13-8-6-12(4)7-9-13/h6-9,11H,5,10H2,1-4H3,(H,19,20,21). The highest BCUT2D eigenvalue weighted by Crippen LogP contribution is 2.28. The minimum atomic E-state index is 0.552. The van der Waals surface area contributed by atoms with Crippen LogP contribution in [0.25, 0.3) is 11.4 Å². The molecule has 21 heavy (non-hydrogen) atoms. The molecule has 0 atom stereocenters. The first-order valence-corrected chi connectivity index (χ1v) is 8.17. The van der Waals surface area contributed by atoms with Gasteiger partial charge in [0.1, 0.15) is 5.82 Å². The van der Waals surface area contributed by atoms with Crippen LogP contribution in [-0.2, 0) is 6.42 Å². The molecule has 1 heterocycles. The van der Waals surface area contributed by atoms with Crippen molar-refractivity contribution in [1.29, 1.82) is 0 Å². The smallest absolute Gasteiger partial charge is 0.161 e. The highest BCUT2D eigenvalue weighted by atomic mass is 79.9. The number of anilines is 1. The minimum Gasteiger partial charge on any atom is -0.369 e. The van der Waals surface area contributed by atoms with Gasteiger partial charge in [0.15, 0.2) is 5.82 Å². The summed E-state index contributed by atoms with van der Waals surface area (Å²) in [5, 5.41) is 3.31. The van der Waals surface area contributed by atoms with Crippen molar-refractivity contribution in [2.45, 2.75) is 34.1 Å². The number of halogens is 1. The zero-order valence-corrected chi connectivity index (χ0v) is 14.7. The molecule has 0 radical (unpaired) electrons. The monoisotopic (exact) mass is 347 g/mol. The van der Waals surface area contributed by atoms with Gasteiger partial charge < -0.3 is 5.32 Å². The number of benzene rings is 1. The van der Waals surface area contributed by atoms with Gasteiger partial charge in [-0.15, -0.1) is 0 Å². The van der Waals surface area contributed by atoms with Crippen molar-refractivity contribution in [3.8, 4) is 11.4 Å². The van der Waals surface area contributed by atoms with E-state index >= 15 is 0 Å². The zero-order chi connectivity index (χ0) is 15.4. The summed E-state index contributed by atoms with van der Waals surface area (Å²) in [5.41, 5.74) is 3.36. The minimum absolute atomic E-state index is 0.552. The molecule has 1 aromatic heterocycles. The number of aryl methyl sites for hydroxylation is 1. The van der Waals surface area contributed by atoms with Crippen LogP contribution in [0.4, 0.5) is 5.82 Å². The molecule has 1 N–H and O–H groups in total. The van der Waals surface area contributed by atoms with Gasteiger partial charge in [0.05, 0.1) is 10.2 Å². The number of nitrogens with one attached hydrogen (secondary N) is 1. The van der Waals surface area contributed by atoms with Gasteiger partial charge >= 0.3 is 0 Å². The van der Waals surface area contributed by atoms with Gasteiger partial charge in [-0.3, -0.25) is 0 Å². The molecule has 0 fully saturated rings. The van der Waals surface area contributed by atoms with Gasteiger partial charge in [-0.05, 0) is 42.1 Å². The third kappa shape index (κ3) is 4.03. The van der Waals surface area contributed by atoms with E-state index in [2.05, 4.69) is 78.2 Å². The van der Waals surface area contributed by atoms with Crippen LogP contribution in [-0.4, -0.2) is 16.5 Å². The summed E-state index contributed by atoms with van der Waals surface area (Å²) in [6.45, 7) is 9.40. The molecule has 2 aromatic rings. The Morgan fingerprint density at radius 2 is 1.81 bits per heavy atom. The van der Waals surface area contributed by atoms with Crippen molar-refractivity contribution in [1.82, 2.24) is 9.97 Å². The van der Waals surface area contributed by atoms with E-state index in [0.717, 1.165) is 40.3 Å². The molecular weight excluding hydrogens is 326 g/mol. The molecule has 3 nitrogen and oxygen atoms in total. The van der Waals surface area contributed by atoms with Crippen LogP contribution < -0.4 is 5.32 Å². The van der Waals surface area contributed by atoms with Crippen LogP contribution in [0.3, 0.4) is 0 Å². The molecule has 0 aliphatic heterocycles. The van der Waals surface area contributed by atoms with Crippen molar-refractivity contribution in [2.24, 2.45) is 5.92 Å². The Morgan fingerprint density at radius 3 is 2.38 bits per heavy atom. The topological polar surface area (TPSA) is 37.8 Å². The molecule has 4 heteroatoms. The Kier molecular flexibility index (Phi) is 5.34. The van der Waals surface area contributed by atoms with Crippen molar-refractivity contribution in [3.63, 3.8) is 0 Å². The van der Waals surface area contributed by atoms with Crippen molar-refractivity contribution in [3.05, 3.63) is 40.0 Å². The van der Waals surface area contributed by atoms with Crippen molar-refractivity contribution in [2.75, 3.05) is 11.9 Å². The van der Waals surface area contributed by atoms with E-state index < -0.39 is 0 Å². The second-order valence-electron chi connectivity index (χ2n) is 5.65. The Bertz CT molecular complexity index is 606. The molecule has 112 valence electrons. The van der Waals surface area contributed by atoms with E-state index in [9.17, 15) is 0 Å². The summed E-state index contributed by atoms with van der Waals surface area (Å²) in [6, 6.07) is 8.34. The predicted molar refractivity (Wildman–Crippen MR) is 92.6 cm³/mol. The van der Waals surface area contributed by atoms with Crippen LogP contribution in [0.5, 0.6) is 0 Å². The van der Waals surface area contributed by atoms with Gasteiger partial charge in [-0.1, -0.05) is 43.7 Å². The van der Waals surface area contributed by atoms with Gasteiger partial charge in [-0.25, -0.2) is 9.97 Å². The van der Waals surface area contributed by atoms with E-state index in [1.807, 2.05) is 0 Å². The van der Waals surface area contributed by atoms with Crippen LogP contribution in [0, 0.1) is 12.8 Å². The van der Waals surface area contributed by atoms with Gasteiger partial charge in [0.2, 0.25) is 0 Å². The Balaban J connectivity index is 2.49. The third-order valence-corrected chi connectivity index (χ3v) is 4.01.